The zero-order valence-corrected chi connectivity index (χ0v) is 11.7. The van der Waals surface area contributed by atoms with E-state index in [0.717, 1.165) is 23.5 Å². The molecular formula is C12H15Cl2NOS. The Kier molecular flexibility index (Phi) is 4.61. The SMILES string of the molecule is OC1(CNCc2cc(Cl)cc(Cl)c2)CCSC1. The van der Waals surface area contributed by atoms with Crippen LogP contribution >= 0.6 is 35.0 Å². The van der Waals surface area contributed by atoms with Crippen LogP contribution in [0.4, 0.5) is 0 Å². The van der Waals surface area contributed by atoms with Crippen LogP contribution in [0.3, 0.4) is 0 Å². The standard InChI is InChI=1S/C12H15Cl2NOS/c13-10-3-9(4-11(14)5-10)6-15-7-12(16)1-2-17-8-12/h3-5,15-16H,1-2,6-8H2. The second-order valence-electron chi connectivity index (χ2n) is 4.41. The molecule has 1 saturated heterocycles. The number of benzene rings is 1. The van der Waals surface area contributed by atoms with E-state index in [4.69, 9.17) is 23.2 Å². The summed E-state index contributed by atoms with van der Waals surface area (Å²) >= 11 is 13.6. The first-order valence-electron chi connectivity index (χ1n) is 5.53. The predicted molar refractivity (Wildman–Crippen MR) is 75.1 cm³/mol. The van der Waals surface area contributed by atoms with Gasteiger partial charge in [0.15, 0.2) is 0 Å². The van der Waals surface area contributed by atoms with Gasteiger partial charge in [0.25, 0.3) is 0 Å². The van der Waals surface area contributed by atoms with Crippen molar-refractivity contribution in [3.05, 3.63) is 33.8 Å². The summed E-state index contributed by atoms with van der Waals surface area (Å²) in [5.74, 6) is 1.86. The molecule has 2 nitrogen and oxygen atoms in total. The van der Waals surface area contributed by atoms with E-state index in [1.54, 1.807) is 17.8 Å². The number of halogens is 2. The Morgan fingerprint density at radius 1 is 1.29 bits per heavy atom. The van der Waals surface area contributed by atoms with E-state index in [9.17, 15) is 5.11 Å². The van der Waals surface area contributed by atoms with Crippen molar-refractivity contribution in [2.24, 2.45) is 0 Å². The maximum atomic E-state index is 10.1. The molecule has 0 spiro atoms. The van der Waals surface area contributed by atoms with Gasteiger partial charge < -0.3 is 10.4 Å². The molecule has 0 aliphatic carbocycles. The molecule has 94 valence electrons. The van der Waals surface area contributed by atoms with Crippen molar-refractivity contribution in [3.8, 4) is 0 Å². The molecule has 2 N–H and O–H groups in total. The monoisotopic (exact) mass is 291 g/mol. The van der Waals surface area contributed by atoms with Gasteiger partial charge in [-0.3, -0.25) is 0 Å². The Balaban J connectivity index is 1.85. The fourth-order valence-electron chi connectivity index (χ4n) is 1.89. The molecule has 1 aromatic carbocycles. The summed E-state index contributed by atoms with van der Waals surface area (Å²) in [6.07, 6.45) is 0.862. The third-order valence-corrected chi connectivity index (χ3v) is 4.46. The molecule has 1 aromatic rings. The van der Waals surface area contributed by atoms with Gasteiger partial charge in [-0.15, -0.1) is 0 Å². The van der Waals surface area contributed by atoms with Crippen molar-refractivity contribution in [1.29, 1.82) is 0 Å². The zero-order valence-electron chi connectivity index (χ0n) is 9.38. The molecule has 1 aliphatic rings. The van der Waals surface area contributed by atoms with E-state index in [0.29, 0.717) is 23.1 Å². The highest BCUT2D eigenvalue weighted by Gasteiger charge is 2.30. The molecule has 0 amide bonds. The van der Waals surface area contributed by atoms with E-state index in [1.165, 1.54) is 0 Å². The highest BCUT2D eigenvalue weighted by Crippen LogP contribution is 2.27. The lowest BCUT2D eigenvalue weighted by molar-refractivity contribution is 0.0675. The Bertz CT molecular complexity index is 374. The quantitative estimate of drug-likeness (QED) is 0.895. The van der Waals surface area contributed by atoms with Gasteiger partial charge in [0.2, 0.25) is 0 Å². The number of hydrogen-bond acceptors (Lipinski definition) is 3. The number of nitrogens with one attached hydrogen (secondary N) is 1. The van der Waals surface area contributed by atoms with Gasteiger partial charge in [-0.25, -0.2) is 0 Å². The number of aliphatic hydroxyl groups is 1. The topological polar surface area (TPSA) is 32.3 Å². The first-order valence-corrected chi connectivity index (χ1v) is 7.44. The molecular weight excluding hydrogens is 277 g/mol. The van der Waals surface area contributed by atoms with Crippen molar-refractivity contribution < 1.29 is 5.11 Å². The van der Waals surface area contributed by atoms with Crippen LogP contribution in [0, 0.1) is 0 Å². The van der Waals surface area contributed by atoms with Gasteiger partial charge in [0.05, 0.1) is 5.60 Å². The maximum Gasteiger partial charge on any atom is 0.0869 e. The van der Waals surface area contributed by atoms with Crippen LogP contribution in [-0.4, -0.2) is 28.8 Å². The van der Waals surface area contributed by atoms with Crippen molar-refractivity contribution in [2.45, 2.75) is 18.6 Å². The molecule has 0 aromatic heterocycles. The smallest absolute Gasteiger partial charge is 0.0869 e. The second-order valence-corrected chi connectivity index (χ2v) is 6.39. The third-order valence-electron chi connectivity index (χ3n) is 2.79. The van der Waals surface area contributed by atoms with E-state index >= 15 is 0 Å². The molecule has 1 unspecified atom stereocenters. The molecule has 0 bridgehead atoms. The lowest BCUT2D eigenvalue weighted by Crippen LogP contribution is -2.40. The number of rotatable bonds is 4. The van der Waals surface area contributed by atoms with Crippen LogP contribution in [0.5, 0.6) is 0 Å². The van der Waals surface area contributed by atoms with E-state index in [2.05, 4.69) is 5.32 Å². The molecule has 1 heterocycles. The molecule has 0 radical (unpaired) electrons. The van der Waals surface area contributed by atoms with Crippen molar-refractivity contribution in [1.82, 2.24) is 5.32 Å². The number of hydrogen-bond donors (Lipinski definition) is 2. The lowest BCUT2D eigenvalue weighted by atomic mass is 10.0. The normalized spacial score (nSPS) is 24.2. The van der Waals surface area contributed by atoms with Gasteiger partial charge in [0, 0.05) is 28.9 Å². The van der Waals surface area contributed by atoms with Crippen molar-refractivity contribution in [3.63, 3.8) is 0 Å². The lowest BCUT2D eigenvalue weighted by Gasteiger charge is -2.21. The summed E-state index contributed by atoms with van der Waals surface area (Å²) in [5.41, 5.74) is 0.490. The van der Waals surface area contributed by atoms with Crippen molar-refractivity contribution in [2.75, 3.05) is 18.1 Å². The Labute approximate surface area is 116 Å². The molecule has 0 saturated carbocycles. The van der Waals surface area contributed by atoms with E-state index < -0.39 is 5.60 Å². The summed E-state index contributed by atoms with van der Waals surface area (Å²) in [4.78, 5) is 0. The summed E-state index contributed by atoms with van der Waals surface area (Å²) in [5, 5.41) is 14.7. The summed E-state index contributed by atoms with van der Waals surface area (Å²) in [7, 11) is 0. The molecule has 1 aliphatic heterocycles. The Hall–Kier alpha value is 0.0700. The Morgan fingerprint density at radius 2 is 2.00 bits per heavy atom. The maximum absolute atomic E-state index is 10.1. The van der Waals surface area contributed by atoms with Crippen LogP contribution in [-0.2, 0) is 6.54 Å². The first-order chi connectivity index (χ1) is 8.07. The highest BCUT2D eigenvalue weighted by molar-refractivity contribution is 7.99. The molecule has 1 atom stereocenters. The van der Waals surface area contributed by atoms with Crippen LogP contribution in [0.15, 0.2) is 18.2 Å². The van der Waals surface area contributed by atoms with Crippen LogP contribution < -0.4 is 5.32 Å². The Morgan fingerprint density at radius 3 is 2.59 bits per heavy atom. The van der Waals surface area contributed by atoms with Gasteiger partial charge in [-0.1, -0.05) is 23.2 Å². The molecule has 1 fully saturated rings. The average Bonchev–Trinajstić information content (AvgIpc) is 2.64. The highest BCUT2D eigenvalue weighted by atomic mass is 35.5. The molecule has 5 heteroatoms. The molecule has 2 rings (SSSR count). The second kappa shape index (κ2) is 5.81. The summed E-state index contributed by atoms with van der Waals surface area (Å²) in [6, 6.07) is 5.48. The predicted octanol–water partition coefficient (Wildman–Crippen LogP) is 2.95. The fourth-order valence-corrected chi connectivity index (χ4v) is 3.75. The van der Waals surface area contributed by atoms with Gasteiger partial charge >= 0.3 is 0 Å². The minimum absolute atomic E-state index is 0.549. The average molecular weight is 292 g/mol. The fraction of sp³-hybridized carbons (Fsp3) is 0.500. The summed E-state index contributed by atoms with van der Waals surface area (Å²) in [6.45, 7) is 1.29. The van der Waals surface area contributed by atoms with E-state index in [-0.39, 0.29) is 0 Å². The third kappa shape index (κ3) is 4.04. The summed E-state index contributed by atoms with van der Waals surface area (Å²) < 4.78 is 0. The minimum atomic E-state index is -0.549. The largest absolute Gasteiger partial charge is 0.388 e. The zero-order chi connectivity index (χ0) is 12.3. The van der Waals surface area contributed by atoms with Gasteiger partial charge in [-0.2, -0.15) is 11.8 Å². The van der Waals surface area contributed by atoms with Gasteiger partial charge in [0.1, 0.15) is 0 Å². The van der Waals surface area contributed by atoms with Crippen LogP contribution in [0.1, 0.15) is 12.0 Å². The van der Waals surface area contributed by atoms with Crippen LogP contribution in [0.2, 0.25) is 10.0 Å². The van der Waals surface area contributed by atoms with E-state index in [1.807, 2.05) is 12.1 Å². The number of thioether (sulfide) groups is 1. The van der Waals surface area contributed by atoms with Gasteiger partial charge in [-0.05, 0) is 35.9 Å². The first kappa shape index (κ1) is 13.5. The van der Waals surface area contributed by atoms with Crippen LogP contribution in [0.25, 0.3) is 0 Å². The molecule has 17 heavy (non-hydrogen) atoms. The minimum Gasteiger partial charge on any atom is -0.388 e. The van der Waals surface area contributed by atoms with Crippen molar-refractivity contribution >= 4 is 35.0 Å².